The van der Waals surface area contributed by atoms with Gasteiger partial charge in [0.25, 0.3) is 0 Å². The number of benzene rings is 2. The van der Waals surface area contributed by atoms with E-state index in [1.807, 2.05) is 25.4 Å². The molecule has 5 rings (SSSR count). The number of aromatic nitrogens is 2. The Morgan fingerprint density at radius 2 is 1.72 bits per heavy atom. The molecule has 0 saturated carbocycles. The zero-order chi connectivity index (χ0) is 25.3. The van der Waals surface area contributed by atoms with Gasteiger partial charge in [0.1, 0.15) is 5.75 Å². The second-order valence-corrected chi connectivity index (χ2v) is 9.12. The Bertz CT molecular complexity index is 1330. The normalized spacial score (nSPS) is 14.9. The van der Waals surface area contributed by atoms with Gasteiger partial charge in [-0.15, -0.1) is 13.2 Å². The lowest BCUT2D eigenvalue weighted by Crippen LogP contribution is -2.46. The monoisotopic (exact) mass is 496 g/mol. The minimum absolute atomic E-state index is 0.144. The standard InChI is InChI=1S/C27H27F3N4O2/c1-19-13-23(33-11-9-32(10-12-33)16-21-3-2-8-31-15-21)14-22-18-34(26(35)25(19)22)17-20-4-6-24(7-5-20)36-27(28,29)30/h2-8,13-15,18,35H,9-12,16-17H2,1H3. The van der Waals surface area contributed by atoms with Gasteiger partial charge in [-0.1, -0.05) is 18.2 Å². The van der Waals surface area contributed by atoms with Gasteiger partial charge in [-0.3, -0.25) is 9.88 Å². The van der Waals surface area contributed by atoms with E-state index in [1.165, 1.54) is 17.7 Å². The van der Waals surface area contributed by atoms with E-state index >= 15 is 0 Å². The first-order chi connectivity index (χ1) is 17.2. The van der Waals surface area contributed by atoms with Gasteiger partial charge in [0.15, 0.2) is 5.88 Å². The lowest BCUT2D eigenvalue weighted by molar-refractivity contribution is -0.274. The van der Waals surface area contributed by atoms with Crippen LogP contribution in [0, 0.1) is 6.92 Å². The minimum Gasteiger partial charge on any atom is -0.494 e. The van der Waals surface area contributed by atoms with E-state index in [2.05, 4.69) is 37.7 Å². The Hall–Kier alpha value is -3.72. The van der Waals surface area contributed by atoms with Gasteiger partial charge in [0.05, 0.1) is 6.54 Å². The third-order valence-electron chi connectivity index (χ3n) is 6.52. The summed E-state index contributed by atoms with van der Waals surface area (Å²) < 4.78 is 42.9. The topological polar surface area (TPSA) is 53.8 Å². The summed E-state index contributed by atoms with van der Waals surface area (Å²) in [5, 5.41) is 12.6. The van der Waals surface area contributed by atoms with Crippen LogP contribution in [0.5, 0.6) is 11.6 Å². The summed E-state index contributed by atoms with van der Waals surface area (Å²) >= 11 is 0. The van der Waals surface area contributed by atoms with E-state index in [4.69, 9.17) is 0 Å². The van der Waals surface area contributed by atoms with Crippen molar-refractivity contribution in [3.63, 3.8) is 0 Å². The van der Waals surface area contributed by atoms with E-state index < -0.39 is 6.36 Å². The van der Waals surface area contributed by atoms with E-state index in [0.29, 0.717) is 6.54 Å². The Kier molecular flexibility index (Phi) is 6.49. The number of piperazine rings is 1. The summed E-state index contributed by atoms with van der Waals surface area (Å²) in [5.41, 5.74) is 4.06. The van der Waals surface area contributed by atoms with E-state index in [9.17, 15) is 18.3 Å². The summed E-state index contributed by atoms with van der Waals surface area (Å²) in [6.45, 7) is 6.92. The van der Waals surface area contributed by atoms with Crippen LogP contribution < -0.4 is 9.64 Å². The molecule has 9 heteroatoms. The third-order valence-corrected chi connectivity index (χ3v) is 6.52. The van der Waals surface area contributed by atoms with Crippen molar-refractivity contribution in [2.75, 3.05) is 31.1 Å². The van der Waals surface area contributed by atoms with Gasteiger partial charge in [-0.05, 0) is 53.9 Å². The smallest absolute Gasteiger partial charge is 0.494 e. The number of halogens is 3. The average Bonchev–Trinajstić information content (AvgIpc) is 3.16. The first kappa shape index (κ1) is 24.0. The SMILES string of the molecule is Cc1cc(N2CCN(Cc3cccnc3)CC2)cc2cn(Cc3ccc(OC(F)(F)F)cc3)c(O)c12. The molecule has 36 heavy (non-hydrogen) atoms. The molecule has 2 aromatic heterocycles. The maximum atomic E-state index is 12.4. The Labute approximate surface area is 207 Å². The predicted molar refractivity (Wildman–Crippen MR) is 132 cm³/mol. The van der Waals surface area contributed by atoms with E-state index in [-0.39, 0.29) is 11.6 Å². The number of anilines is 1. The van der Waals surface area contributed by atoms with Gasteiger partial charge < -0.3 is 19.3 Å². The van der Waals surface area contributed by atoms with Gasteiger partial charge in [0, 0.05) is 67.8 Å². The molecule has 0 unspecified atom stereocenters. The molecule has 6 nitrogen and oxygen atoms in total. The summed E-state index contributed by atoms with van der Waals surface area (Å²) in [6, 6.07) is 13.9. The van der Waals surface area contributed by atoms with Crippen molar-refractivity contribution >= 4 is 16.5 Å². The molecule has 0 amide bonds. The molecule has 2 aromatic carbocycles. The number of fused-ring (bicyclic) bond motifs is 1. The fourth-order valence-electron chi connectivity index (χ4n) is 4.79. The van der Waals surface area contributed by atoms with Crippen molar-refractivity contribution in [2.45, 2.75) is 26.4 Å². The van der Waals surface area contributed by atoms with Crippen LogP contribution in [-0.2, 0) is 13.1 Å². The molecule has 3 heterocycles. The number of hydrogen-bond acceptors (Lipinski definition) is 5. The predicted octanol–water partition coefficient (Wildman–Crippen LogP) is 5.32. The van der Waals surface area contributed by atoms with Crippen molar-refractivity contribution in [2.24, 2.45) is 0 Å². The van der Waals surface area contributed by atoms with Crippen molar-refractivity contribution in [1.29, 1.82) is 0 Å². The van der Waals surface area contributed by atoms with Crippen LogP contribution in [-0.4, -0.2) is 52.1 Å². The van der Waals surface area contributed by atoms with Crippen LogP contribution in [0.15, 0.2) is 67.1 Å². The third kappa shape index (κ3) is 5.41. The Morgan fingerprint density at radius 1 is 0.972 bits per heavy atom. The van der Waals surface area contributed by atoms with E-state index in [1.54, 1.807) is 22.9 Å². The number of hydrogen-bond donors (Lipinski definition) is 1. The summed E-state index contributed by atoms with van der Waals surface area (Å²) in [4.78, 5) is 8.98. The van der Waals surface area contributed by atoms with Crippen molar-refractivity contribution < 1.29 is 23.0 Å². The largest absolute Gasteiger partial charge is 0.573 e. The number of aromatic hydroxyl groups is 1. The second kappa shape index (κ2) is 9.73. The van der Waals surface area contributed by atoms with Crippen LogP contribution in [0.3, 0.4) is 0 Å². The number of aryl methyl sites for hydroxylation is 1. The van der Waals surface area contributed by atoms with Crippen LogP contribution in [0.1, 0.15) is 16.7 Å². The molecular formula is C27H27F3N4O2. The Balaban J connectivity index is 1.29. The van der Waals surface area contributed by atoms with E-state index in [0.717, 1.165) is 60.3 Å². The van der Waals surface area contributed by atoms with Crippen molar-refractivity contribution in [1.82, 2.24) is 14.5 Å². The van der Waals surface area contributed by atoms with Gasteiger partial charge in [-0.2, -0.15) is 0 Å². The molecule has 1 aliphatic rings. The molecule has 0 spiro atoms. The number of nitrogens with zero attached hydrogens (tertiary/aromatic N) is 4. The molecule has 188 valence electrons. The highest BCUT2D eigenvalue weighted by molar-refractivity contribution is 5.93. The maximum absolute atomic E-state index is 12.4. The fourth-order valence-corrected chi connectivity index (χ4v) is 4.79. The highest BCUT2D eigenvalue weighted by atomic mass is 19.4. The number of ether oxygens (including phenoxy) is 1. The summed E-state index contributed by atoms with van der Waals surface area (Å²) in [7, 11) is 0. The van der Waals surface area contributed by atoms with Gasteiger partial charge in [0.2, 0.25) is 0 Å². The maximum Gasteiger partial charge on any atom is 0.573 e. The lowest BCUT2D eigenvalue weighted by atomic mass is 10.1. The molecule has 4 aromatic rings. The molecule has 0 atom stereocenters. The molecule has 1 N–H and O–H groups in total. The molecule has 1 saturated heterocycles. The average molecular weight is 497 g/mol. The zero-order valence-corrected chi connectivity index (χ0v) is 19.9. The summed E-state index contributed by atoms with van der Waals surface area (Å²) in [5.74, 6) is -0.125. The molecule has 0 radical (unpaired) electrons. The number of alkyl halides is 3. The first-order valence-corrected chi connectivity index (χ1v) is 11.8. The van der Waals surface area contributed by atoms with Crippen molar-refractivity contribution in [3.8, 4) is 11.6 Å². The van der Waals surface area contributed by atoms with Crippen molar-refractivity contribution in [3.05, 3.63) is 83.8 Å². The fraction of sp³-hybridized carbons (Fsp3) is 0.296. The molecule has 1 fully saturated rings. The highest BCUT2D eigenvalue weighted by Crippen LogP contribution is 2.35. The molecular weight excluding hydrogens is 469 g/mol. The number of rotatable bonds is 6. The number of pyridine rings is 1. The zero-order valence-electron chi connectivity index (χ0n) is 19.9. The van der Waals surface area contributed by atoms with Gasteiger partial charge >= 0.3 is 6.36 Å². The highest BCUT2D eigenvalue weighted by Gasteiger charge is 2.31. The van der Waals surface area contributed by atoms with Crippen LogP contribution in [0.2, 0.25) is 0 Å². The van der Waals surface area contributed by atoms with Crippen LogP contribution in [0.25, 0.3) is 10.8 Å². The van der Waals surface area contributed by atoms with Crippen LogP contribution >= 0.6 is 0 Å². The quantitative estimate of drug-likeness (QED) is 0.392. The van der Waals surface area contributed by atoms with Gasteiger partial charge in [-0.25, -0.2) is 0 Å². The lowest BCUT2D eigenvalue weighted by Gasteiger charge is -2.36. The molecule has 1 aliphatic heterocycles. The second-order valence-electron chi connectivity index (χ2n) is 9.12. The Morgan fingerprint density at radius 3 is 2.39 bits per heavy atom. The molecule has 0 aliphatic carbocycles. The summed E-state index contributed by atoms with van der Waals surface area (Å²) in [6.07, 6.45) is 0.860. The molecule has 0 bridgehead atoms. The first-order valence-electron chi connectivity index (χ1n) is 11.8. The minimum atomic E-state index is -4.72. The van der Waals surface area contributed by atoms with Crippen LogP contribution in [0.4, 0.5) is 18.9 Å².